The third-order valence-electron chi connectivity index (χ3n) is 4.11. The van der Waals surface area contributed by atoms with E-state index in [4.69, 9.17) is 4.74 Å². The third-order valence-corrected chi connectivity index (χ3v) is 4.11. The van der Waals surface area contributed by atoms with Crippen LogP contribution in [0.15, 0.2) is 42.5 Å². The smallest absolute Gasteiger partial charge is 0.251 e. The molecule has 0 aromatic heterocycles. The predicted octanol–water partition coefficient (Wildman–Crippen LogP) is 3.57. The minimum absolute atomic E-state index is 0.0155. The molecule has 128 valence electrons. The first-order chi connectivity index (χ1) is 11.5. The van der Waals surface area contributed by atoms with E-state index in [9.17, 15) is 4.79 Å². The zero-order chi connectivity index (χ0) is 17.5. The van der Waals surface area contributed by atoms with Gasteiger partial charge in [0.05, 0.1) is 7.11 Å². The van der Waals surface area contributed by atoms with Gasteiger partial charge in [0.15, 0.2) is 0 Å². The van der Waals surface area contributed by atoms with Crippen LogP contribution in [0.1, 0.15) is 28.4 Å². The Morgan fingerprint density at radius 3 is 2.42 bits per heavy atom. The molecule has 0 aliphatic heterocycles. The van der Waals surface area contributed by atoms with Gasteiger partial charge >= 0.3 is 0 Å². The number of carbonyl (C=O) groups is 1. The highest BCUT2D eigenvalue weighted by molar-refractivity contribution is 5.95. The van der Waals surface area contributed by atoms with Crippen LogP contribution in [0.25, 0.3) is 0 Å². The summed E-state index contributed by atoms with van der Waals surface area (Å²) < 4.78 is 5.19. The molecule has 2 aromatic carbocycles. The highest BCUT2D eigenvalue weighted by Gasteiger charge is 2.10. The Hall–Kier alpha value is -2.49. The van der Waals surface area contributed by atoms with Gasteiger partial charge in [-0.05, 0) is 56.7 Å². The fourth-order valence-electron chi connectivity index (χ4n) is 2.73. The Bertz CT molecular complexity index is 681. The molecule has 2 aromatic rings. The van der Waals surface area contributed by atoms with Crippen LogP contribution in [-0.4, -0.2) is 32.7 Å². The number of hydrogen-bond donors (Lipinski definition) is 1. The van der Waals surface area contributed by atoms with E-state index in [1.54, 1.807) is 7.11 Å². The Kier molecular flexibility index (Phi) is 6.24. The molecule has 1 N–H and O–H groups in total. The number of carbonyl (C=O) groups excluding carboxylic acids is 1. The second kappa shape index (κ2) is 8.39. The number of rotatable bonds is 7. The summed E-state index contributed by atoms with van der Waals surface area (Å²) in [5, 5.41) is 3.01. The van der Waals surface area contributed by atoms with E-state index in [0.29, 0.717) is 6.54 Å². The number of anilines is 1. The quantitative estimate of drug-likeness (QED) is 0.846. The monoisotopic (exact) mass is 326 g/mol. The van der Waals surface area contributed by atoms with Crippen LogP contribution in [0, 0.1) is 13.8 Å². The second-order valence-electron chi connectivity index (χ2n) is 5.85. The summed E-state index contributed by atoms with van der Waals surface area (Å²) in [5.41, 5.74) is 4.04. The van der Waals surface area contributed by atoms with Crippen molar-refractivity contribution in [3.8, 4) is 5.75 Å². The topological polar surface area (TPSA) is 41.6 Å². The number of ether oxygens (including phenoxy) is 1. The number of hydrogen-bond acceptors (Lipinski definition) is 3. The average Bonchev–Trinajstić information content (AvgIpc) is 2.58. The molecule has 0 unspecified atom stereocenters. The van der Waals surface area contributed by atoms with Gasteiger partial charge in [0.25, 0.3) is 5.91 Å². The Morgan fingerprint density at radius 1 is 1.12 bits per heavy atom. The lowest BCUT2D eigenvalue weighted by Crippen LogP contribution is -2.35. The van der Waals surface area contributed by atoms with E-state index in [0.717, 1.165) is 35.7 Å². The number of nitrogens with zero attached hydrogens (tertiary/aromatic N) is 1. The molecule has 0 atom stereocenters. The first-order valence-electron chi connectivity index (χ1n) is 8.29. The first kappa shape index (κ1) is 17.9. The largest absolute Gasteiger partial charge is 0.497 e. The zero-order valence-electron chi connectivity index (χ0n) is 14.9. The summed E-state index contributed by atoms with van der Waals surface area (Å²) in [7, 11) is 1.66. The average molecular weight is 326 g/mol. The van der Waals surface area contributed by atoms with E-state index in [1.165, 1.54) is 5.56 Å². The Labute approximate surface area is 144 Å². The summed E-state index contributed by atoms with van der Waals surface area (Å²) in [6.45, 7) is 8.35. The molecule has 0 radical (unpaired) electrons. The highest BCUT2D eigenvalue weighted by Crippen LogP contribution is 2.18. The molecule has 4 nitrogen and oxygen atoms in total. The predicted molar refractivity (Wildman–Crippen MR) is 99.1 cm³/mol. The molecule has 0 saturated carbocycles. The van der Waals surface area contributed by atoms with Crippen LogP contribution < -0.4 is 15.0 Å². The van der Waals surface area contributed by atoms with Gasteiger partial charge in [-0.15, -0.1) is 0 Å². The lowest BCUT2D eigenvalue weighted by atomic mass is 10.1. The van der Waals surface area contributed by atoms with Crippen LogP contribution in [0.4, 0.5) is 5.69 Å². The summed E-state index contributed by atoms with van der Waals surface area (Å²) in [4.78, 5) is 14.5. The maximum atomic E-state index is 12.3. The third kappa shape index (κ3) is 4.51. The molecule has 0 fully saturated rings. The molecule has 24 heavy (non-hydrogen) atoms. The minimum Gasteiger partial charge on any atom is -0.497 e. The molecule has 0 bridgehead atoms. The van der Waals surface area contributed by atoms with Crippen molar-refractivity contribution >= 4 is 11.6 Å². The summed E-state index contributed by atoms with van der Waals surface area (Å²) >= 11 is 0. The van der Waals surface area contributed by atoms with Gasteiger partial charge in [0.1, 0.15) is 5.75 Å². The van der Waals surface area contributed by atoms with Crippen LogP contribution >= 0.6 is 0 Å². The SMILES string of the molecule is CCN(CCNC(=O)c1ccc(C)cc1C)c1ccc(OC)cc1. The molecule has 0 spiro atoms. The van der Waals surface area contributed by atoms with E-state index >= 15 is 0 Å². The van der Waals surface area contributed by atoms with Crippen molar-refractivity contribution in [3.63, 3.8) is 0 Å². The fraction of sp³-hybridized carbons (Fsp3) is 0.350. The molecule has 0 aliphatic rings. The summed E-state index contributed by atoms with van der Waals surface area (Å²) in [6.07, 6.45) is 0. The molecule has 1 amide bonds. The van der Waals surface area contributed by atoms with Gasteiger partial charge in [0, 0.05) is 30.9 Å². The number of methoxy groups -OCH3 is 1. The van der Waals surface area contributed by atoms with Crippen LogP contribution in [0.3, 0.4) is 0 Å². The minimum atomic E-state index is -0.0155. The van der Waals surface area contributed by atoms with Crippen molar-refractivity contribution in [2.75, 3.05) is 31.6 Å². The van der Waals surface area contributed by atoms with E-state index in [-0.39, 0.29) is 5.91 Å². The van der Waals surface area contributed by atoms with Crippen LogP contribution in [-0.2, 0) is 0 Å². The number of aryl methyl sites for hydroxylation is 2. The number of benzene rings is 2. The van der Waals surface area contributed by atoms with Gasteiger partial charge in [-0.25, -0.2) is 0 Å². The van der Waals surface area contributed by atoms with Gasteiger partial charge in [-0.1, -0.05) is 17.7 Å². The lowest BCUT2D eigenvalue weighted by molar-refractivity contribution is 0.0954. The molecular formula is C20H26N2O2. The van der Waals surface area contributed by atoms with Gasteiger partial charge < -0.3 is 15.0 Å². The first-order valence-corrected chi connectivity index (χ1v) is 8.29. The zero-order valence-corrected chi connectivity index (χ0v) is 14.9. The molecule has 0 aliphatic carbocycles. The molecule has 4 heteroatoms. The van der Waals surface area contributed by atoms with Crippen molar-refractivity contribution in [2.45, 2.75) is 20.8 Å². The second-order valence-corrected chi connectivity index (χ2v) is 5.85. The van der Waals surface area contributed by atoms with Crippen LogP contribution in [0.5, 0.6) is 5.75 Å². The molecule has 2 rings (SSSR count). The normalized spacial score (nSPS) is 10.3. The number of likely N-dealkylation sites (N-methyl/N-ethyl adjacent to an activating group) is 1. The van der Waals surface area contributed by atoms with Crippen molar-refractivity contribution in [3.05, 3.63) is 59.2 Å². The Balaban J connectivity index is 1.92. The number of nitrogens with one attached hydrogen (secondary N) is 1. The lowest BCUT2D eigenvalue weighted by Gasteiger charge is -2.23. The van der Waals surface area contributed by atoms with Crippen LogP contribution in [0.2, 0.25) is 0 Å². The molecular weight excluding hydrogens is 300 g/mol. The standard InChI is InChI=1S/C20H26N2O2/c1-5-22(17-7-9-18(24-4)10-8-17)13-12-21-20(23)19-11-6-15(2)14-16(19)3/h6-11,14H,5,12-13H2,1-4H3,(H,21,23). The molecule has 0 saturated heterocycles. The van der Waals surface area contributed by atoms with Gasteiger partial charge in [-0.2, -0.15) is 0 Å². The molecule has 0 heterocycles. The van der Waals surface area contributed by atoms with Crippen molar-refractivity contribution in [1.29, 1.82) is 0 Å². The van der Waals surface area contributed by atoms with E-state index < -0.39 is 0 Å². The van der Waals surface area contributed by atoms with E-state index in [2.05, 4.69) is 17.1 Å². The van der Waals surface area contributed by atoms with Gasteiger partial charge in [-0.3, -0.25) is 4.79 Å². The summed E-state index contributed by atoms with van der Waals surface area (Å²) in [5.74, 6) is 0.830. The van der Waals surface area contributed by atoms with Crippen molar-refractivity contribution < 1.29 is 9.53 Å². The summed E-state index contributed by atoms with van der Waals surface area (Å²) in [6, 6.07) is 13.9. The van der Waals surface area contributed by atoms with Gasteiger partial charge in [0.2, 0.25) is 0 Å². The maximum absolute atomic E-state index is 12.3. The maximum Gasteiger partial charge on any atom is 0.251 e. The fourth-order valence-corrected chi connectivity index (χ4v) is 2.73. The van der Waals surface area contributed by atoms with Crippen molar-refractivity contribution in [1.82, 2.24) is 5.32 Å². The van der Waals surface area contributed by atoms with Crippen molar-refractivity contribution in [2.24, 2.45) is 0 Å². The van der Waals surface area contributed by atoms with E-state index in [1.807, 2.05) is 56.3 Å². The number of amides is 1. The highest BCUT2D eigenvalue weighted by atomic mass is 16.5. The Morgan fingerprint density at radius 2 is 1.83 bits per heavy atom.